The summed E-state index contributed by atoms with van der Waals surface area (Å²) in [5.74, 6) is -0.152. The number of anilines is 2. The quantitative estimate of drug-likeness (QED) is 0.686. The van der Waals surface area contributed by atoms with E-state index in [-0.39, 0.29) is 5.91 Å². The summed E-state index contributed by atoms with van der Waals surface area (Å²) in [6, 6.07) is 17.9. The van der Waals surface area contributed by atoms with Crippen molar-refractivity contribution in [2.75, 3.05) is 36.0 Å². The van der Waals surface area contributed by atoms with Gasteiger partial charge in [-0.3, -0.25) is 4.79 Å². The maximum atomic E-state index is 12.4. The topological polar surface area (TPSA) is 48.5 Å². The van der Waals surface area contributed by atoms with E-state index in [1.165, 1.54) is 17.0 Å². The third-order valence-corrected chi connectivity index (χ3v) is 5.92. The smallest absolute Gasteiger partial charge is 0.271 e. The average Bonchev–Trinajstić information content (AvgIpc) is 3.24. The van der Waals surface area contributed by atoms with Gasteiger partial charge in [0.2, 0.25) is 0 Å². The summed E-state index contributed by atoms with van der Waals surface area (Å²) in [6.07, 6.45) is 0. The number of benzene rings is 2. The van der Waals surface area contributed by atoms with Crippen LogP contribution in [0.25, 0.3) is 0 Å². The molecule has 1 N–H and O–H groups in total. The van der Waals surface area contributed by atoms with E-state index < -0.39 is 0 Å². The van der Waals surface area contributed by atoms with Gasteiger partial charge >= 0.3 is 0 Å². The van der Waals surface area contributed by atoms with Crippen LogP contribution in [-0.2, 0) is 6.54 Å². The van der Waals surface area contributed by atoms with Crippen molar-refractivity contribution in [1.82, 2.24) is 10.3 Å². The van der Waals surface area contributed by atoms with E-state index in [0.717, 1.165) is 36.9 Å². The van der Waals surface area contributed by atoms with E-state index >= 15 is 0 Å². The number of amides is 1. The highest BCUT2D eigenvalue weighted by Crippen LogP contribution is 2.24. The SMILES string of the molecule is O=C(NCc1ccc(Cl)cc1)c1csc(N2CCN(c3ccccc3)CC2)n1. The fourth-order valence-corrected chi connectivity index (χ4v) is 4.17. The Morgan fingerprint density at radius 3 is 2.39 bits per heavy atom. The maximum absolute atomic E-state index is 12.4. The fraction of sp³-hybridized carbons (Fsp3) is 0.238. The van der Waals surface area contributed by atoms with Gasteiger partial charge in [0.15, 0.2) is 5.13 Å². The van der Waals surface area contributed by atoms with E-state index in [2.05, 4.69) is 44.4 Å². The van der Waals surface area contributed by atoms with Crippen LogP contribution in [0.4, 0.5) is 10.8 Å². The number of para-hydroxylation sites is 1. The van der Waals surface area contributed by atoms with Crippen molar-refractivity contribution in [1.29, 1.82) is 0 Å². The van der Waals surface area contributed by atoms with Crippen molar-refractivity contribution in [3.63, 3.8) is 0 Å². The Morgan fingerprint density at radius 2 is 1.68 bits per heavy atom. The van der Waals surface area contributed by atoms with Crippen LogP contribution < -0.4 is 15.1 Å². The minimum absolute atomic E-state index is 0.152. The molecule has 1 aliphatic rings. The number of carbonyl (C=O) groups excluding carboxylic acids is 1. The molecule has 1 saturated heterocycles. The normalized spacial score (nSPS) is 14.2. The van der Waals surface area contributed by atoms with Gasteiger partial charge in [-0.05, 0) is 29.8 Å². The third kappa shape index (κ3) is 4.46. The largest absolute Gasteiger partial charge is 0.368 e. The number of nitrogens with one attached hydrogen (secondary N) is 1. The number of thiazole rings is 1. The molecule has 2 heterocycles. The van der Waals surface area contributed by atoms with Crippen LogP contribution in [-0.4, -0.2) is 37.1 Å². The predicted octanol–water partition coefficient (Wildman–Crippen LogP) is 4.05. The Morgan fingerprint density at radius 1 is 1.00 bits per heavy atom. The van der Waals surface area contributed by atoms with E-state index in [9.17, 15) is 4.79 Å². The molecule has 7 heteroatoms. The Labute approximate surface area is 173 Å². The average molecular weight is 413 g/mol. The second-order valence-electron chi connectivity index (χ2n) is 6.63. The molecule has 1 fully saturated rings. The number of halogens is 1. The molecular formula is C21H21ClN4OS. The van der Waals surface area contributed by atoms with Crippen LogP contribution in [0, 0.1) is 0 Å². The monoisotopic (exact) mass is 412 g/mol. The number of piperazine rings is 1. The molecule has 1 aromatic heterocycles. The highest BCUT2D eigenvalue weighted by Gasteiger charge is 2.21. The molecule has 0 atom stereocenters. The Bertz CT molecular complexity index is 921. The fourth-order valence-electron chi connectivity index (χ4n) is 3.18. The second-order valence-corrected chi connectivity index (χ2v) is 7.91. The highest BCUT2D eigenvalue weighted by molar-refractivity contribution is 7.13. The zero-order chi connectivity index (χ0) is 19.3. The summed E-state index contributed by atoms with van der Waals surface area (Å²) < 4.78 is 0. The van der Waals surface area contributed by atoms with Gasteiger partial charge in [0.25, 0.3) is 5.91 Å². The first-order valence-electron chi connectivity index (χ1n) is 9.22. The number of hydrogen-bond acceptors (Lipinski definition) is 5. The minimum atomic E-state index is -0.152. The predicted molar refractivity (Wildman–Crippen MR) is 116 cm³/mol. The van der Waals surface area contributed by atoms with Crippen molar-refractivity contribution in [3.05, 3.63) is 76.3 Å². The van der Waals surface area contributed by atoms with E-state index in [4.69, 9.17) is 11.6 Å². The molecule has 4 rings (SSSR count). The molecule has 0 unspecified atom stereocenters. The van der Waals surface area contributed by atoms with E-state index in [1.54, 1.807) is 0 Å². The lowest BCUT2D eigenvalue weighted by atomic mass is 10.2. The molecule has 2 aromatic carbocycles. The van der Waals surface area contributed by atoms with Gasteiger partial charge in [-0.1, -0.05) is 41.9 Å². The number of nitrogens with zero attached hydrogens (tertiary/aromatic N) is 3. The summed E-state index contributed by atoms with van der Waals surface area (Å²) >= 11 is 7.41. The highest BCUT2D eigenvalue weighted by atomic mass is 35.5. The molecular weight excluding hydrogens is 392 g/mol. The Kier molecular flexibility index (Phi) is 5.78. The van der Waals surface area contributed by atoms with Crippen LogP contribution in [0.2, 0.25) is 5.02 Å². The van der Waals surface area contributed by atoms with Crippen LogP contribution in [0.3, 0.4) is 0 Å². The van der Waals surface area contributed by atoms with E-state index in [0.29, 0.717) is 17.3 Å². The van der Waals surface area contributed by atoms with Crippen molar-refractivity contribution in [3.8, 4) is 0 Å². The van der Waals surface area contributed by atoms with Crippen LogP contribution in [0.1, 0.15) is 16.1 Å². The molecule has 1 aliphatic heterocycles. The third-order valence-electron chi connectivity index (χ3n) is 4.76. The lowest BCUT2D eigenvalue weighted by molar-refractivity contribution is 0.0946. The van der Waals surface area contributed by atoms with Crippen molar-refractivity contribution in [2.24, 2.45) is 0 Å². The molecule has 0 bridgehead atoms. The van der Waals surface area contributed by atoms with Gasteiger partial charge < -0.3 is 15.1 Å². The van der Waals surface area contributed by atoms with Gasteiger partial charge in [-0.15, -0.1) is 11.3 Å². The first kappa shape index (κ1) is 18.8. The van der Waals surface area contributed by atoms with Gasteiger partial charge in [0.05, 0.1) is 0 Å². The number of hydrogen-bond donors (Lipinski definition) is 1. The summed E-state index contributed by atoms with van der Waals surface area (Å²) in [4.78, 5) is 21.6. The van der Waals surface area contributed by atoms with Crippen molar-refractivity contribution in [2.45, 2.75) is 6.54 Å². The summed E-state index contributed by atoms with van der Waals surface area (Å²) in [5.41, 5.74) is 2.73. The van der Waals surface area contributed by atoms with Gasteiger partial charge in [0.1, 0.15) is 5.69 Å². The zero-order valence-electron chi connectivity index (χ0n) is 15.3. The van der Waals surface area contributed by atoms with Crippen LogP contribution >= 0.6 is 22.9 Å². The van der Waals surface area contributed by atoms with Gasteiger partial charge in [0, 0.05) is 48.8 Å². The number of aromatic nitrogens is 1. The van der Waals surface area contributed by atoms with Crippen LogP contribution in [0.5, 0.6) is 0 Å². The first-order chi connectivity index (χ1) is 13.7. The van der Waals surface area contributed by atoms with Gasteiger partial charge in [-0.25, -0.2) is 4.98 Å². The van der Waals surface area contributed by atoms with E-state index in [1.807, 2.05) is 35.7 Å². The first-order valence-corrected chi connectivity index (χ1v) is 10.5. The molecule has 28 heavy (non-hydrogen) atoms. The molecule has 0 spiro atoms. The molecule has 144 valence electrons. The standard InChI is InChI=1S/C21H21ClN4OS/c22-17-8-6-16(7-9-17)14-23-20(27)19-15-28-21(24-19)26-12-10-25(11-13-26)18-4-2-1-3-5-18/h1-9,15H,10-14H2,(H,23,27). The zero-order valence-corrected chi connectivity index (χ0v) is 16.9. The maximum Gasteiger partial charge on any atom is 0.271 e. The van der Waals surface area contributed by atoms with Crippen molar-refractivity contribution < 1.29 is 4.79 Å². The summed E-state index contributed by atoms with van der Waals surface area (Å²) in [6.45, 7) is 4.14. The Balaban J connectivity index is 1.31. The molecule has 1 amide bonds. The molecule has 0 aliphatic carbocycles. The minimum Gasteiger partial charge on any atom is -0.368 e. The molecule has 5 nitrogen and oxygen atoms in total. The van der Waals surface area contributed by atoms with Crippen molar-refractivity contribution >= 4 is 39.7 Å². The number of carbonyl (C=O) groups is 1. The number of rotatable bonds is 5. The lowest BCUT2D eigenvalue weighted by Gasteiger charge is -2.35. The second kappa shape index (κ2) is 8.63. The van der Waals surface area contributed by atoms with Gasteiger partial charge in [-0.2, -0.15) is 0 Å². The summed E-state index contributed by atoms with van der Waals surface area (Å²) in [7, 11) is 0. The lowest BCUT2D eigenvalue weighted by Crippen LogP contribution is -2.46. The Hall–Kier alpha value is -2.57. The molecule has 3 aromatic rings. The molecule has 0 radical (unpaired) electrons. The summed E-state index contributed by atoms with van der Waals surface area (Å²) in [5, 5.41) is 6.34. The molecule has 0 saturated carbocycles. The van der Waals surface area contributed by atoms with Crippen LogP contribution in [0.15, 0.2) is 60.0 Å².